The largest absolute Gasteiger partial charge is 0.478 e. The average molecular weight is 200 g/mol. The van der Waals surface area contributed by atoms with E-state index in [9.17, 15) is 4.79 Å². The van der Waals surface area contributed by atoms with E-state index in [0.717, 1.165) is 5.52 Å². The van der Waals surface area contributed by atoms with Gasteiger partial charge in [0, 0.05) is 0 Å². The van der Waals surface area contributed by atoms with E-state index < -0.39 is 5.97 Å². The van der Waals surface area contributed by atoms with Gasteiger partial charge in [0.1, 0.15) is 0 Å². The molecule has 1 heterocycles. The van der Waals surface area contributed by atoms with Crippen molar-refractivity contribution >= 4 is 22.6 Å². The van der Waals surface area contributed by atoms with Crippen LogP contribution in [0.25, 0.3) is 16.6 Å². The van der Waals surface area contributed by atoms with Gasteiger partial charge in [-0.05, 0) is 12.1 Å². The molecule has 2 rings (SSSR count). The van der Waals surface area contributed by atoms with Crippen molar-refractivity contribution in [1.29, 1.82) is 0 Å². The van der Waals surface area contributed by atoms with Gasteiger partial charge in [-0.1, -0.05) is 18.7 Å². The van der Waals surface area contributed by atoms with Crippen LogP contribution in [-0.2, 0) is 4.79 Å². The lowest BCUT2D eigenvalue weighted by atomic mass is 10.2. The zero-order valence-corrected chi connectivity index (χ0v) is 7.84. The van der Waals surface area contributed by atoms with Crippen LogP contribution in [0.2, 0.25) is 0 Å². The van der Waals surface area contributed by atoms with E-state index >= 15 is 0 Å². The van der Waals surface area contributed by atoms with Gasteiger partial charge in [-0.2, -0.15) is 0 Å². The Morgan fingerprint density at radius 2 is 1.93 bits per heavy atom. The zero-order chi connectivity index (χ0) is 10.8. The minimum Gasteiger partial charge on any atom is -0.478 e. The maximum absolute atomic E-state index is 10.7. The van der Waals surface area contributed by atoms with Crippen LogP contribution < -0.4 is 0 Å². The highest BCUT2D eigenvalue weighted by molar-refractivity contribution is 6.13. The first kappa shape index (κ1) is 9.33. The number of carbonyl (C=O) groups is 1. The molecule has 0 amide bonds. The van der Waals surface area contributed by atoms with Gasteiger partial charge >= 0.3 is 5.97 Å². The Kier molecular flexibility index (Phi) is 2.17. The lowest BCUT2D eigenvalue weighted by Gasteiger charge is -2.00. The maximum Gasteiger partial charge on any atom is 0.337 e. The fraction of sp³-hybridized carbons (Fsp3) is 0. The van der Waals surface area contributed by atoms with Crippen LogP contribution in [0.4, 0.5) is 0 Å². The van der Waals surface area contributed by atoms with Gasteiger partial charge in [-0.25, -0.2) is 9.78 Å². The quantitative estimate of drug-likeness (QED) is 0.750. The summed E-state index contributed by atoms with van der Waals surface area (Å²) >= 11 is 0. The van der Waals surface area contributed by atoms with Gasteiger partial charge in [0.05, 0.1) is 28.5 Å². The van der Waals surface area contributed by atoms with E-state index in [2.05, 4.69) is 16.5 Å². The number of hydrogen-bond donors (Lipinski definition) is 1. The SMILES string of the molecule is C=C(C(=O)O)c1cnc2ccccc2n1. The lowest BCUT2D eigenvalue weighted by Crippen LogP contribution is -2.01. The third-order valence-electron chi connectivity index (χ3n) is 2.02. The zero-order valence-electron chi connectivity index (χ0n) is 7.84. The molecule has 0 unspecified atom stereocenters. The van der Waals surface area contributed by atoms with E-state index in [1.165, 1.54) is 6.20 Å². The second-order valence-corrected chi connectivity index (χ2v) is 3.03. The highest BCUT2D eigenvalue weighted by Gasteiger charge is 2.09. The monoisotopic (exact) mass is 200 g/mol. The molecule has 4 heteroatoms. The summed E-state index contributed by atoms with van der Waals surface area (Å²) in [5.41, 5.74) is 1.64. The van der Waals surface area contributed by atoms with Gasteiger partial charge in [0.2, 0.25) is 0 Å². The maximum atomic E-state index is 10.7. The van der Waals surface area contributed by atoms with Crippen molar-refractivity contribution in [3.8, 4) is 0 Å². The van der Waals surface area contributed by atoms with Gasteiger partial charge in [-0.3, -0.25) is 4.98 Å². The van der Waals surface area contributed by atoms with Crippen molar-refractivity contribution < 1.29 is 9.90 Å². The van der Waals surface area contributed by atoms with Crippen LogP contribution in [0.5, 0.6) is 0 Å². The van der Waals surface area contributed by atoms with Gasteiger partial charge < -0.3 is 5.11 Å². The molecule has 1 N–H and O–H groups in total. The topological polar surface area (TPSA) is 63.1 Å². The number of aliphatic carboxylic acids is 1. The number of nitrogens with zero attached hydrogens (tertiary/aromatic N) is 2. The predicted octanol–water partition coefficient (Wildman–Crippen LogP) is 1.73. The molecular formula is C11H8N2O2. The number of aromatic nitrogens is 2. The van der Waals surface area contributed by atoms with Crippen LogP contribution in [-0.4, -0.2) is 21.0 Å². The average Bonchev–Trinajstić information content (AvgIpc) is 2.27. The van der Waals surface area contributed by atoms with E-state index in [0.29, 0.717) is 11.2 Å². The Balaban J connectivity index is 2.56. The van der Waals surface area contributed by atoms with Crippen LogP contribution in [0.3, 0.4) is 0 Å². The minimum absolute atomic E-state index is 0.0479. The Hall–Kier alpha value is -2.23. The molecule has 1 aromatic carbocycles. The first-order chi connectivity index (χ1) is 7.18. The van der Waals surface area contributed by atoms with Crippen molar-refractivity contribution in [2.24, 2.45) is 0 Å². The smallest absolute Gasteiger partial charge is 0.337 e. The molecular weight excluding hydrogens is 192 g/mol. The molecule has 2 aromatic rings. The molecule has 0 saturated heterocycles. The summed E-state index contributed by atoms with van der Waals surface area (Å²) in [4.78, 5) is 18.9. The van der Waals surface area contributed by atoms with Crippen molar-refractivity contribution in [1.82, 2.24) is 9.97 Å². The number of fused-ring (bicyclic) bond motifs is 1. The molecule has 0 fully saturated rings. The van der Waals surface area contributed by atoms with Gasteiger partial charge in [0.25, 0.3) is 0 Å². The van der Waals surface area contributed by atoms with Crippen LogP contribution in [0.1, 0.15) is 5.69 Å². The molecule has 0 saturated carbocycles. The Labute approximate surface area is 85.9 Å². The summed E-state index contributed by atoms with van der Waals surface area (Å²) in [7, 11) is 0. The molecule has 0 aliphatic rings. The van der Waals surface area contributed by atoms with Crippen LogP contribution in [0, 0.1) is 0 Å². The van der Waals surface area contributed by atoms with E-state index in [1.807, 2.05) is 18.2 Å². The molecule has 0 aliphatic heterocycles. The van der Waals surface area contributed by atoms with Crippen molar-refractivity contribution in [3.05, 3.63) is 42.7 Å². The number of benzene rings is 1. The van der Waals surface area contributed by atoms with Crippen LogP contribution >= 0.6 is 0 Å². The second kappa shape index (κ2) is 3.49. The summed E-state index contributed by atoms with van der Waals surface area (Å²) in [5.74, 6) is -1.08. The van der Waals surface area contributed by atoms with E-state index in [1.54, 1.807) is 6.07 Å². The first-order valence-electron chi connectivity index (χ1n) is 4.33. The number of hydrogen-bond acceptors (Lipinski definition) is 3. The first-order valence-corrected chi connectivity index (χ1v) is 4.33. The standard InChI is InChI=1S/C11H8N2O2/c1-7(11(14)15)10-6-12-8-4-2-3-5-9(8)13-10/h2-6H,1H2,(H,14,15). The molecule has 0 atom stereocenters. The van der Waals surface area contributed by atoms with E-state index in [4.69, 9.17) is 5.11 Å². The summed E-state index contributed by atoms with van der Waals surface area (Å²) in [6, 6.07) is 7.27. The molecule has 74 valence electrons. The highest BCUT2D eigenvalue weighted by Crippen LogP contribution is 2.13. The van der Waals surface area contributed by atoms with Crippen molar-refractivity contribution in [2.45, 2.75) is 0 Å². The number of carboxylic acids is 1. The summed E-state index contributed by atoms with van der Waals surface area (Å²) < 4.78 is 0. The Morgan fingerprint density at radius 3 is 2.60 bits per heavy atom. The molecule has 0 bridgehead atoms. The lowest BCUT2D eigenvalue weighted by molar-refractivity contribution is -0.130. The molecule has 1 aromatic heterocycles. The van der Waals surface area contributed by atoms with Crippen LogP contribution in [0.15, 0.2) is 37.0 Å². The van der Waals surface area contributed by atoms with Crippen molar-refractivity contribution in [2.75, 3.05) is 0 Å². The summed E-state index contributed by atoms with van der Waals surface area (Å²) in [6.07, 6.45) is 1.42. The van der Waals surface area contributed by atoms with Gasteiger partial charge in [-0.15, -0.1) is 0 Å². The highest BCUT2D eigenvalue weighted by atomic mass is 16.4. The second-order valence-electron chi connectivity index (χ2n) is 3.03. The normalized spacial score (nSPS) is 10.1. The number of rotatable bonds is 2. The number of carboxylic acid groups (broad SMARTS) is 1. The Morgan fingerprint density at radius 1 is 1.27 bits per heavy atom. The van der Waals surface area contributed by atoms with Gasteiger partial charge in [0.15, 0.2) is 0 Å². The third kappa shape index (κ3) is 1.69. The third-order valence-corrected chi connectivity index (χ3v) is 2.02. The Bertz CT molecular complexity index is 549. The van der Waals surface area contributed by atoms with Crippen molar-refractivity contribution in [3.63, 3.8) is 0 Å². The molecule has 4 nitrogen and oxygen atoms in total. The molecule has 0 aliphatic carbocycles. The molecule has 0 radical (unpaired) electrons. The fourth-order valence-corrected chi connectivity index (χ4v) is 1.21. The molecule has 0 spiro atoms. The van der Waals surface area contributed by atoms with E-state index in [-0.39, 0.29) is 5.57 Å². The number of para-hydroxylation sites is 2. The summed E-state index contributed by atoms with van der Waals surface area (Å²) in [5, 5.41) is 8.74. The predicted molar refractivity (Wildman–Crippen MR) is 56.2 cm³/mol. The summed E-state index contributed by atoms with van der Waals surface area (Å²) in [6.45, 7) is 3.43. The fourth-order valence-electron chi connectivity index (χ4n) is 1.21. The minimum atomic E-state index is -1.08. The molecule has 15 heavy (non-hydrogen) atoms.